The minimum atomic E-state index is -3.17. The molecule has 6 nitrogen and oxygen atoms in total. The van der Waals surface area contributed by atoms with Gasteiger partial charge in [-0.25, -0.2) is 18.1 Å². The highest BCUT2D eigenvalue weighted by atomic mass is 32.2. The van der Waals surface area contributed by atoms with Crippen molar-refractivity contribution < 1.29 is 13.2 Å². The van der Waals surface area contributed by atoms with Crippen LogP contribution < -0.4 is 4.72 Å². The number of hydrogen-bond donors (Lipinski definition) is 1. The van der Waals surface area contributed by atoms with Crippen LogP contribution >= 0.6 is 0 Å². The Balaban J connectivity index is 1.43. The number of likely N-dealkylation sites (tertiary alicyclic amines) is 1. The maximum absolute atomic E-state index is 12.7. The van der Waals surface area contributed by atoms with Crippen molar-refractivity contribution in [2.75, 3.05) is 19.3 Å². The van der Waals surface area contributed by atoms with Gasteiger partial charge >= 0.3 is 0 Å². The second-order valence-corrected chi connectivity index (χ2v) is 8.97. The molecule has 1 N–H and O–H groups in total. The van der Waals surface area contributed by atoms with E-state index in [0.29, 0.717) is 18.8 Å². The van der Waals surface area contributed by atoms with Crippen LogP contribution in [0.4, 0.5) is 0 Å². The number of nitrogens with zero attached hydrogens (tertiary/aromatic N) is 2. The molecule has 0 bridgehead atoms. The van der Waals surface area contributed by atoms with Crippen molar-refractivity contribution >= 4 is 26.8 Å². The van der Waals surface area contributed by atoms with Crippen molar-refractivity contribution in [2.24, 2.45) is 5.41 Å². The second-order valence-electron chi connectivity index (χ2n) is 7.19. The van der Waals surface area contributed by atoms with E-state index >= 15 is 0 Å². The van der Waals surface area contributed by atoms with Crippen molar-refractivity contribution in [3.8, 4) is 0 Å². The number of pyridine rings is 1. The topological polar surface area (TPSA) is 79.4 Å². The van der Waals surface area contributed by atoms with E-state index in [1.54, 1.807) is 6.07 Å². The Bertz CT molecular complexity index is 933. The minimum absolute atomic E-state index is 0.0264. The molecule has 7 heteroatoms. The lowest BCUT2D eigenvalue weighted by Crippen LogP contribution is -2.41. The standard InChI is InChI=1S/C18H21N3O3S/c1-25(23,24)20-16-12-18(16)8-10-21(11-9-18)17(22)15-7-6-13-4-2-3-5-14(13)19-15/h2-7,16,20H,8-12H2,1H3. The lowest BCUT2D eigenvalue weighted by molar-refractivity contribution is 0.0668. The molecule has 1 aliphatic carbocycles. The van der Waals surface area contributed by atoms with Crippen molar-refractivity contribution in [2.45, 2.75) is 25.3 Å². The number of piperidine rings is 1. The van der Waals surface area contributed by atoms with Gasteiger partial charge in [-0.05, 0) is 36.8 Å². The zero-order chi connectivity index (χ0) is 17.7. The average molecular weight is 359 g/mol. The van der Waals surface area contributed by atoms with Crippen LogP contribution in [-0.2, 0) is 10.0 Å². The van der Waals surface area contributed by atoms with Crippen molar-refractivity contribution in [1.82, 2.24) is 14.6 Å². The van der Waals surface area contributed by atoms with Crippen LogP contribution in [0.1, 0.15) is 29.8 Å². The quantitative estimate of drug-likeness (QED) is 0.906. The van der Waals surface area contributed by atoms with Gasteiger partial charge in [0.05, 0.1) is 11.8 Å². The second kappa shape index (κ2) is 5.78. The molecule has 4 rings (SSSR count). The molecule has 1 aliphatic heterocycles. The Labute approximate surface area is 147 Å². The highest BCUT2D eigenvalue weighted by molar-refractivity contribution is 7.88. The number of carbonyl (C=O) groups is 1. The van der Waals surface area contributed by atoms with Crippen LogP contribution in [0.15, 0.2) is 36.4 Å². The highest BCUT2D eigenvalue weighted by Gasteiger charge is 2.56. The molecule has 0 radical (unpaired) electrons. The van der Waals surface area contributed by atoms with E-state index in [0.717, 1.165) is 30.2 Å². The van der Waals surface area contributed by atoms with Gasteiger partial charge in [-0.1, -0.05) is 24.3 Å². The van der Waals surface area contributed by atoms with Gasteiger partial charge in [-0.3, -0.25) is 4.79 Å². The van der Waals surface area contributed by atoms with Gasteiger partial charge in [0.15, 0.2) is 0 Å². The molecule has 1 amide bonds. The monoisotopic (exact) mass is 359 g/mol. The van der Waals surface area contributed by atoms with Crippen molar-refractivity contribution in [1.29, 1.82) is 0 Å². The normalized spacial score (nSPS) is 22.3. The SMILES string of the molecule is CS(=O)(=O)NC1CC12CCN(C(=O)c1ccc3ccccc3n1)CC2. The first kappa shape index (κ1) is 16.5. The van der Waals surface area contributed by atoms with E-state index < -0.39 is 10.0 Å². The molecule has 1 aromatic carbocycles. The lowest BCUT2D eigenvalue weighted by Gasteiger charge is -2.32. The Hall–Kier alpha value is -1.99. The first-order valence-electron chi connectivity index (χ1n) is 8.49. The number of para-hydroxylation sites is 1. The largest absolute Gasteiger partial charge is 0.337 e. The first-order chi connectivity index (χ1) is 11.9. The zero-order valence-electron chi connectivity index (χ0n) is 14.1. The molecule has 1 unspecified atom stereocenters. The molecule has 2 aliphatic rings. The van der Waals surface area contributed by atoms with Gasteiger partial charge < -0.3 is 4.90 Å². The van der Waals surface area contributed by atoms with Crippen LogP contribution in [0.2, 0.25) is 0 Å². The van der Waals surface area contributed by atoms with Gasteiger partial charge in [0.2, 0.25) is 10.0 Å². The number of aromatic nitrogens is 1. The van der Waals surface area contributed by atoms with Crippen LogP contribution in [0, 0.1) is 5.41 Å². The molecule has 1 saturated heterocycles. The van der Waals surface area contributed by atoms with Gasteiger partial charge in [-0.15, -0.1) is 0 Å². The van der Waals surface area contributed by atoms with Gasteiger partial charge in [0.25, 0.3) is 5.91 Å². The van der Waals surface area contributed by atoms with E-state index in [-0.39, 0.29) is 17.4 Å². The summed E-state index contributed by atoms with van der Waals surface area (Å²) < 4.78 is 25.5. The Morgan fingerprint density at radius 3 is 2.64 bits per heavy atom. The van der Waals surface area contributed by atoms with E-state index in [4.69, 9.17) is 0 Å². The summed E-state index contributed by atoms with van der Waals surface area (Å²) in [6.07, 6.45) is 3.73. The van der Waals surface area contributed by atoms with Crippen LogP contribution in [0.5, 0.6) is 0 Å². The summed E-state index contributed by atoms with van der Waals surface area (Å²) >= 11 is 0. The number of benzene rings is 1. The molecule has 25 heavy (non-hydrogen) atoms. The van der Waals surface area contributed by atoms with Crippen LogP contribution in [0.25, 0.3) is 10.9 Å². The number of hydrogen-bond acceptors (Lipinski definition) is 4. The molecular weight excluding hydrogens is 338 g/mol. The van der Waals surface area contributed by atoms with E-state index in [1.807, 2.05) is 35.2 Å². The summed E-state index contributed by atoms with van der Waals surface area (Å²) in [5, 5.41) is 1.02. The third kappa shape index (κ3) is 3.26. The molecule has 1 atom stereocenters. The smallest absolute Gasteiger partial charge is 0.272 e. The van der Waals surface area contributed by atoms with Crippen LogP contribution in [0.3, 0.4) is 0 Å². The zero-order valence-corrected chi connectivity index (χ0v) is 14.9. The highest BCUT2D eigenvalue weighted by Crippen LogP contribution is 2.54. The fourth-order valence-corrected chi connectivity index (χ4v) is 4.68. The molecule has 2 heterocycles. The molecule has 1 spiro atoms. The summed E-state index contributed by atoms with van der Waals surface area (Å²) in [4.78, 5) is 19.1. The van der Waals surface area contributed by atoms with Gasteiger partial charge in [-0.2, -0.15) is 0 Å². The molecule has 2 fully saturated rings. The average Bonchev–Trinajstić information content (AvgIpc) is 3.23. The molecule has 1 saturated carbocycles. The van der Waals surface area contributed by atoms with Crippen LogP contribution in [-0.4, -0.2) is 49.6 Å². The molecule has 2 aromatic rings. The van der Waals surface area contributed by atoms with Gasteiger partial charge in [0.1, 0.15) is 5.69 Å². The Morgan fingerprint density at radius 1 is 1.20 bits per heavy atom. The number of amides is 1. The van der Waals surface area contributed by atoms with Gasteiger partial charge in [0, 0.05) is 24.5 Å². The fraction of sp³-hybridized carbons (Fsp3) is 0.444. The summed E-state index contributed by atoms with van der Waals surface area (Å²) in [6.45, 7) is 1.30. The molecule has 1 aromatic heterocycles. The third-order valence-electron chi connectivity index (χ3n) is 5.41. The Kier molecular flexibility index (Phi) is 3.81. The predicted molar refractivity (Wildman–Crippen MR) is 95.7 cm³/mol. The third-order valence-corrected chi connectivity index (χ3v) is 6.12. The number of sulfonamides is 1. The number of rotatable bonds is 3. The molecule has 132 valence electrons. The van der Waals surface area contributed by atoms with Crippen molar-refractivity contribution in [3.05, 3.63) is 42.1 Å². The first-order valence-corrected chi connectivity index (χ1v) is 10.4. The summed E-state index contributed by atoms with van der Waals surface area (Å²) in [6, 6.07) is 11.5. The van der Waals surface area contributed by atoms with E-state index in [2.05, 4.69) is 9.71 Å². The maximum atomic E-state index is 12.7. The summed E-state index contributed by atoms with van der Waals surface area (Å²) in [5.41, 5.74) is 1.33. The fourth-order valence-electron chi connectivity index (χ4n) is 3.83. The Morgan fingerprint density at radius 2 is 1.92 bits per heavy atom. The minimum Gasteiger partial charge on any atom is -0.337 e. The van der Waals surface area contributed by atoms with E-state index in [9.17, 15) is 13.2 Å². The number of fused-ring (bicyclic) bond motifs is 1. The summed E-state index contributed by atoms with van der Waals surface area (Å²) in [7, 11) is -3.17. The van der Waals surface area contributed by atoms with E-state index in [1.165, 1.54) is 6.26 Å². The lowest BCUT2D eigenvalue weighted by atomic mass is 9.92. The number of nitrogens with one attached hydrogen (secondary N) is 1. The molecular formula is C18H21N3O3S. The van der Waals surface area contributed by atoms with Crippen molar-refractivity contribution in [3.63, 3.8) is 0 Å². The predicted octanol–water partition coefficient (Wildman–Crippen LogP) is 1.78. The number of carbonyl (C=O) groups excluding carboxylic acids is 1. The summed E-state index contributed by atoms with van der Waals surface area (Å²) in [5.74, 6) is -0.0473. The maximum Gasteiger partial charge on any atom is 0.272 e.